The Balaban J connectivity index is 2.36. The minimum absolute atomic E-state index is 0.0285. The summed E-state index contributed by atoms with van der Waals surface area (Å²) in [4.78, 5) is 22.5. The molecule has 0 unspecified atom stereocenters. The fourth-order valence-corrected chi connectivity index (χ4v) is 2.52. The van der Waals surface area contributed by atoms with E-state index < -0.39 is 5.97 Å². The lowest BCUT2D eigenvalue weighted by Crippen LogP contribution is -2.16. The molecule has 1 aromatic heterocycles. The van der Waals surface area contributed by atoms with Crippen molar-refractivity contribution in [2.24, 2.45) is 0 Å². The van der Waals surface area contributed by atoms with Crippen LogP contribution in [0.3, 0.4) is 0 Å². The van der Waals surface area contributed by atoms with Crippen molar-refractivity contribution >= 4 is 17.7 Å². The van der Waals surface area contributed by atoms with Crippen LogP contribution in [0.15, 0.2) is 34.2 Å². The van der Waals surface area contributed by atoms with E-state index in [9.17, 15) is 9.59 Å². The number of carboxylic acids is 1. The normalized spacial score (nSPS) is 11.6. The Morgan fingerprint density at radius 3 is 2.48 bits per heavy atom. The van der Waals surface area contributed by atoms with Gasteiger partial charge in [-0.15, -0.1) is 5.10 Å². The molecule has 112 valence electrons. The maximum Gasteiger partial charge on any atom is 0.348 e. The molecule has 0 saturated heterocycles. The summed E-state index contributed by atoms with van der Waals surface area (Å²) < 4.78 is 1.38. The SMILES string of the molecule is CC(C)(C)c1ccc(-n2c(SCC(=O)O)n[nH]c2=O)cc1. The summed E-state index contributed by atoms with van der Waals surface area (Å²) >= 11 is 1.00. The number of carbonyl (C=O) groups is 1. The van der Waals surface area contributed by atoms with E-state index in [0.717, 1.165) is 17.3 Å². The molecule has 2 N–H and O–H groups in total. The highest BCUT2D eigenvalue weighted by Crippen LogP contribution is 2.24. The molecule has 0 aliphatic rings. The first kappa shape index (κ1) is 15.4. The van der Waals surface area contributed by atoms with Gasteiger partial charge in [0.1, 0.15) is 0 Å². The van der Waals surface area contributed by atoms with Crippen LogP contribution in [0.5, 0.6) is 0 Å². The van der Waals surface area contributed by atoms with Crippen molar-refractivity contribution in [3.05, 3.63) is 40.3 Å². The van der Waals surface area contributed by atoms with Gasteiger partial charge in [0.15, 0.2) is 5.16 Å². The molecule has 0 fully saturated rings. The van der Waals surface area contributed by atoms with Crippen LogP contribution < -0.4 is 5.69 Å². The summed E-state index contributed by atoms with van der Waals surface area (Å²) in [6.45, 7) is 6.33. The van der Waals surface area contributed by atoms with Crippen molar-refractivity contribution in [3.8, 4) is 5.69 Å². The highest BCUT2D eigenvalue weighted by molar-refractivity contribution is 7.99. The lowest BCUT2D eigenvalue weighted by Gasteiger charge is -2.19. The van der Waals surface area contributed by atoms with Crippen LogP contribution in [0.2, 0.25) is 0 Å². The van der Waals surface area contributed by atoms with Gasteiger partial charge >= 0.3 is 11.7 Å². The van der Waals surface area contributed by atoms with Crippen molar-refractivity contribution < 1.29 is 9.90 Å². The molecule has 6 nitrogen and oxygen atoms in total. The van der Waals surface area contributed by atoms with Crippen molar-refractivity contribution in [1.82, 2.24) is 14.8 Å². The van der Waals surface area contributed by atoms with Crippen LogP contribution >= 0.6 is 11.8 Å². The minimum atomic E-state index is -0.954. The van der Waals surface area contributed by atoms with Gasteiger partial charge in [0.2, 0.25) is 0 Å². The van der Waals surface area contributed by atoms with Crippen molar-refractivity contribution in [2.75, 3.05) is 5.75 Å². The third-order valence-electron chi connectivity index (χ3n) is 2.96. The lowest BCUT2D eigenvalue weighted by molar-refractivity contribution is -0.133. The maximum absolute atomic E-state index is 11.9. The first-order valence-corrected chi connectivity index (χ1v) is 7.40. The average molecular weight is 307 g/mol. The van der Waals surface area contributed by atoms with Crippen LogP contribution in [0.4, 0.5) is 0 Å². The minimum Gasteiger partial charge on any atom is -0.481 e. The van der Waals surface area contributed by atoms with Crippen molar-refractivity contribution in [1.29, 1.82) is 0 Å². The molecule has 0 atom stereocenters. The van der Waals surface area contributed by atoms with E-state index in [-0.39, 0.29) is 16.9 Å². The van der Waals surface area contributed by atoms with E-state index in [1.54, 1.807) is 0 Å². The number of rotatable bonds is 4. The van der Waals surface area contributed by atoms with Crippen LogP contribution in [0.25, 0.3) is 5.69 Å². The Kier molecular flexibility index (Phi) is 4.22. The number of carboxylic acid groups (broad SMARTS) is 1. The van der Waals surface area contributed by atoms with Crippen LogP contribution in [0, 0.1) is 0 Å². The van der Waals surface area contributed by atoms with Crippen molar-refractivity contribution in [2.45, 2.75) is 31.3 Å². The quantitative estimate of drug-likeness (QED) is 0.844. The highest BCUT2D eigenvalue weighted by Gasteiger charge is 2.15. The zero-order chi connectivity index (χ0) is 15.6. The number of nitrogens with zero attached hydrogens (tertiary/aromatic N) is 2. The number of H-pyrrole nitrogens is 1. The van der Waals surface area contributed by atoms with Gasteiger partial charge in [-0.25, -0.2) is 14.5 Å². The second-order valence-electron chi connectivity index (χ2n) is 5.63. The van der Waals surface area contributed by atoms with Gasteiger partial charge in [-0.3, -0.25) is 4.79 Å². The number of aromatic nitrogens is 3. The molecule has 0 spiro atoms. The van der Waals surface area contributed by atoms with Crippen LogP contribution in [0.1, 0.15) is 26.3 Å². The largest absolute Gasteiger partial charge is 0.481 e. The van der Waals surface area contributed by atoms with Crippen LogP contribution in [-0.2, 0) is 10.2 Å². The molecule has 1 aromatic carbocycles. The number of benzene rings is 1. The monoisotopic (exact) mass is 307 g/mol. The summed E-state index contributed by atoms with van der Waals surface area (Å²) in [6.07, 6.45) is 0. The average Bonchev–Trinajstić information content (AvgIpc) is 2.76. The summed E-state index contributed by atoms with van der Waals surface area (Å²) in [5.41, 5.74) is 1.46. The van der Waals surface area contributed by atoms with E-state index >= 15 is 0 Å². The number of aliphatic carboxylic acids is 1. The molecule has 0 bridgehead atoms. The molecule has 0 amide bonds. The molecule has 2 rings (SSSR count). The number of hydrogen-bond acceptors (Lipinski definition) is 4. The third-order valence-corrected chi connectivity index (χ3v) is 3.88. The molecule has 21 heavy (non-hydrogen) atoms. The van der Waals surface area contributed by atoms with E-state index in [4.69, 9.17) is 5.11 Å². The van der Waals surface area contributed by atoms with Gasteiger partial charge in [-0.1, -0.05) is 44.7 Å². The first-order chi connectivity index (χ1) is 9.79. The number of nitrogens with one attached hydrogen (secondary N) is 1. The lowest BCUT2D eigenvalue weighted by atomic mass is 9.87. The Labute approximate surface area is 126 Å². The zero-order valence-corrected chi connectivity index (χ0v) is 12.9. The van der Waals surface area contributed by atoms with Gasteiger partial charge < -0.3 is 5.11 Å². The van der Waals surface area contributed by atoms with Crippen LogP contribution in [-0.4, -0.2) is 31.6 Å². The molecular weight excluding hydrogens is 290 g/mol. The van der Waals surface area contributed by atoms with E-state index in [2.05, 4.69) is 31.0 Å². The molecule has 0 aliphatic carbocycles. The summed E-state index contributed by atoms with van der Waals surface area (Å²) in [5.74, 6) is -1.10. The Hall–Kier alpha value is -2.02. The van der Waals surface area contributed by atoms with E-state index in [1.807, 2.05) is 24.3 Å². The van der Waals surface area contributed by atoms with E-state index in [0.29, 0.717) is 10.8 Å². The smallest absolute Gasteiger partial charge is 0.348 e. The number of thioether (sulfide) groups is 1. The Morgan fingerprint density at radius 2 is 1.95 bits per heavy atom. The predicted octanol–water partition coefficient (Wildman–Crippen LogP) is 2.03. The molecule has 0 aliphatic heterocycles. The van der Waals surface area contributed by atoms with Gasteiger partial charge in [0.05, 0.1) is 11.4 Å². The predicted molar refractivity (Wildman–Crippen MR) is 81.2 cm³/mol. The molecule has 0 saturated carbocycles. The highest BCUT2D eigenvalue weighted by atomic mass is 32.2. The topological polar surface area (TPSA) is 88.0 Å². The Bertz CT molecular complexity index is 695. The second kappa shape index (κ2) is 5.77. The molecule has 2 aromatic rings. The van der Waals surface area contributed by atoms with E-state index in [1.165, 1.54) is 4.57 Å². The van der Waals surface area contributed by atoms with Gasteiger partial charge in [-0.05, 0) is 23.1 Å². The molecular formula is C14H17N3O3S. The summed E-state index contributed by atoms with van der Waals surface area (Å²) in [5, 5.41) is 15.3. The summed E-state index contributed by atoms with van der Waals surface area (Å²) in [6, 6.07) is 7.59. The molecule has 1 heterocycles. The molecule has 0 radical (unpaired) electrons. The van der Waals surface area contributed by atoms with Crippen molar-refractivity contribution in [3.63, 3.8) is 0 Å². The van der Waals surface area contributed by atoms with Gasteiger partial charge in [0.25, 0.3) is 0 Å². The Morgan fingerprint density at radius 1 is 1.33 bits per heavy atom. The fraction of sp³-hybridized carbons (Fsp3) is 0.357. The van der Waals surface area contributed by atoms with Gasteiger partial charge in [0, 0.05) is 0 Å². The van der Waals surface area contributed by atoms with Gasteiger partial charge in [-0.2, -0.15) is 0 Å². The first-order valence-electron chi connectivity index (χ1n) is 6.42. The molecule has 7 heteroatoms. The summed E-state index contributed by atoms with van der Waals surface area (Å²) in [7, 11) is 0. The standard InChI is InChI=1S/C14H17N3O3S/c1-14(2,3)9-4-6-10(7-5-9)17-12(20)15-16-13(17)21-8-11(18)19/h4-7H,8H2,1-3H3,(H,15,20)(H,18,19). The fourth-order valence-electron chi connectivity index (χ4n) is 1.84. The maximum atomic E-state index is 11.9. The zero-order valence-electron chi connectivity index (χ0n) is 12.1. The number of hydrogen-bond donors (Lipinski definition) is 2. The number of aromatic amines is 1. The third kappa shape index (κ3) is 3.55. The second-order valence-corrected chi connectivity index (χ2v) is 6.57.